The average Bonchev–Trinajstić information content (AvgIpc) is 3.38. The van der Waals surface area contributed by atoms with E-state index in [-0.39, 0.29) is 112 Å². The molecule has 1 N–H and O–H groups in total. The Balaban J connectivity index is 0.00000468. The van der Waals surface area contributed by atoms with Crippen LogP contribution in [0.1, 0.15) is 70.9 Å². The second-order valence-electron chi connectivity index (χ2n) is 12.9. The van der Waals surface area contributed by atoms with E-state index in [1.165, 1.54) is 12.1 Å². The number of nitrogens with zero attached hydrogens (tertiary/aromatic N) is 2. The van der Waals surface area contributed by atoms with Crippen molar-refractivity contribution in [3.63, 3.8) is 0 Å². The van der Waals surface area contributed by atoms with Gasteiger partial charge in [0.05, 0.1) is 38.2 Å². The zero-order valence-electron chi connectivity index (χ0n) is 31.0. The summed E-state index contributed by atoms with van der Waals surface area (Å²) >= 11 is 0.759. The molecule has 0 spiro atoms. The Kier molecular flexibility index (Phi) is 20.2. The van der Waals surface area contributed by atoms with Gasteiger partial charge in [-0.2, -0.15) is 17.3 Å². The fraction of sp³-hybridized carbons (Fsp3) is 0.469. The Morgan fingerprint density at radius 2 is 1.57 bits per heavy atom. The van der Waals surface area contributed by atoms with E-state index >= 15 is 0 Å². The molecular weight excluding hydrogens is 802 g/mol. The van der Waals surface area contributed by atoms with E-state index in [1.54, 1.807) is 12.1 Å². The van der Waals surface area contributed by atoms with E-state index in [9.17, 15) is 44.2 Å². The predicted molar refractivity (Wildman–Crippen MR) is 183 cm³/mol. The number of fused-ring (bicyclic) bond motifs is 2. The van der Waals surface area contributed by atoms with Gasteiger partial charge in [-0.05, 0) is 88.4 Å². The minimum absolute atomic E-state index is 0. The quantitative estimate of drug-likeness (QED) is 0.0300. The molecule has 0 aliphatic carbocycles. The summed E-state index contributed by atoms with van der Waals surface area (Å²) in [7, 11) is -13.3. The van der Waals surface area contributed by atoms with E-state index < -0.39 is 46.9 Å². The van der Waals surface area contributed by atoms with Gasteiger partial charge in [-0.3, -0.25) is 9.59 Å². The number of unbranched alkanes of at least 4 members (excludes halogenated alkanes) is 2. The molecule has 0 amide bonds. The van der Waals surface area contributed by atoms with Gasteiger partial charge in [0.1, 0.15) is 16.7 Å². The molecule has 2 aromatic rings. The van der Waals surface area contributed by atoms with Crippen LogP contribution in [-0.4, -0.2) is 73.8 Å². The summed E-state index contributed by atoms with van der Waals surface area (Å²) in [4.78, 5) is 2.21. The summed E-state index contributed by atoms with van der Waals surface area (Å²) in [5.74, 6) is -0.895. The molecule has 53 heavy (non-hydrogen) atoms. The molecule has 21 heteroatoms. The van der Waals surface area contributed by atoms with Gasteiger partial charge in [0, 0.05) is 58.1 Å². The first kappa shape index (κ1) is 51.4. The first-order valence-corrected chi connectivity index (χ1v) is 21.1. The molecular formula is C32H40N2Na3O12S4+. The number of allylic oxidation sites excluding steroid dienone is 4. The summed E-state index contributed by atoms with van der Waals surface area (Å²) in [6.07, 6.45) is 7.34. The normalized spacial score (nSPS) is 18.8. The standard InChI is InChI=1S/C32H42N2O12S4.3Na/c1-5-32(4)26-22-24(50(42,43)44)14-16-28(26)34(18-7-9-20-49(39,40)41)30(32)12-10-11-29-31(2,3)25-21-23(47-46-45-35)13-15-27(25)33(29)17-6-8-19-48(36,37)38;;;/h10-16,21-22H,5-9,17-20H2,1-4H3,(H3-,35,36,37,38,39,40,41,42,43,44);;;/q;3*+1/p-2. The van der Waals surface area contributed by atoms with Crippen molar-refractivity contribution in [3.8, 4) is 0 Å². The summed E-state index contributed by atoms with van der Waals surface area (Å²) in [6, 6.07) is 9.70. The summed E-state index contributed by atoms with van der Waals surface area (Å²) in [5, 5.41) is 13.9. The third kappa shape index (κ3) is 12.9. The third-order valence-corrected chi connectivity index (χ3v) is 12.3. The molecule has 2 aliphatic rings. The topological polar surface area (TPSA) is 217 Å². The second kappa shape index (κ2) is 20.9. The molecule has 2 aliphatic heterocycles. The van der Waals surface area contributed by atoms with Crippen molar-refractivity contribution in [1.82, 2.24) is 0 Å². The van der Waals surface area contributed by atoms with Crippen molar-refractivity contribution < 1.29 is 147 Å². The number of benzene rings is 2. The van der Waals surface area contributed by atoms with Crippen LogP contribution in [0.5, 0.6) is 0 Å². The molecule has 0 radical (unpaired) electrons. The monoisotopic (exact) mass is 841 g/mol. The molecule has 1 unspecified atom stereocenters. The maximum absolute atomic E-state index is 12.0. The molecule has 0 fully saturated rings. The van der Waals surface area contributed by atoms with E-state index in [0.29, 0.717) is 48.5 Å². The molecule has 0 bridgehead atoms. The van der Waals surface area contributed by atoms with E-state index in [4.69, 9.17) is 0 Å². The summed E-state index contributed by atoms with van der Waals surface area (Å²) in [5.41, 5.74) is 3.37. The Labute approximate surface area is 383 Å². The molecule has 14 nitrogen and oxygen atoms in total. The van der Waals surface area contributed by atoms with Crippen LogP contribution in [0, 0.1) is 0 Å². The fourth-order valence-corrected chi connectivity index (χ4v) is 8.65. The van der Waals surface area contributed by atoms with Crippen LogP contribution in [0.3, 0.4) is 0 Å². The fourth-order valence-electron chi connectivity index (χ4n) is 6.63. The molecule has 276 valence electrons. The molecule has 0 saturated heterocycles. The molecule has 4 rings (SSSR count). The number of rotatable bonds is 17. The zero-order chi connectivity index (χ0) is 37.1. The predicted octanol–water partition coefficient (Wildman–Crippen LogP) is -5.17. The van der Waals surface area contributed by atoms with Crippen molar-refractivity contribution in [3.05, 3.63) is 71.5 Å². The van der Waals surface area contributed by atoms with Crippen LogP contribution >= 0.6 is 12.0 Å². The van der Waals surface area contributed by atoms with E-state index in [2.05, 4.69) is 13.9 Å². The molecule has 0 saturated carbocycles. The molecule has 2 heterocycles. The van der Waals surface area contributed by atoms with Gasteiger partial charge >= 0.3 is 88.7 Å². The van der Waals surface area contributed by atoms with E-state index in [1.807, 2.05) is 63.0 Å². The van der Waals surface area contributed by atoms with Crippen molar-refractivity contribution in [2.75, 3.05) is 29.5 Å². The zero-order valence-corrected chi connectivity index (χ0v) is 40.3. The number of anilines is 1. The summed E-state index contributed by atoms with van der Waals surface area (Å²) in [6.45, 7) is 8.65. The number of hydrogen-bond donors (Lipinski definition) is 1. The van der Waals surface area contributed by atoms with Crippen LogP contribution in [0.2, 0.25) is 0 Å². The minimum Gasteiger partial charge on any atom is -0.748 e. The first-order chi connectivity index (χ1) is 23.2. The molecule has 1 atom stereocenters. The molecule has 2 aromatic carbocycles. The SMILES string of the molecule is CCC1(C)/C(=C/C=C\C2=[N+](CCCCS(=O)(=O)O)c3ccc(SOO[O-])cc3C2(C)C)N(CCCCS(=O)(=O)[O-])c2ccc(S(=O)(=O)[O-])cc21.[Na+].[Na+].[Na+]. The van der Waals surface area contributed by atoms with Gasteiger partial charge in [0.2, 0.25) is 5.69 Å². The van der Waals surface area contributed by atoms with Crippen molar-refractivity contribution >= 4 is 59.5 Å². The smallest absolute Gasteiger partial charge is 0.748 e. The van der Waals surface area contributed by atoms with Gasteiger partial charge in [-0.15, -0.1) is 0 Å². The van der Waals surface area contributed by atoms with Gasteiger partial charge in [-0.25, -0.2) is 16.8 Å². The first-order valence-electron chi connectivity index (χ1n) is 15.8. The van der Waals surface area contributed by atoms with Gasteiger partial charge in [0.15, 0.2) is 5.71 Å². The van der Waals surface area contributed by atoms with Crippen LogP contribution in [0.25, 0.3) is 0 Å². The van der Waals surface area contributed by atoms with Crippen molar-refractivity contribution in [1.29, 1.82) is 0 Å². The Morgan fingerprint density at radius 1 is 0.906 bits per heavy atom. The Morgan fingerprint density at radius 3 is 2.15 bits per heavy atom. The largest absolute Gasteiger partial charge is 1.00 e. The average molecular weight is 842 g/mol. The van der Waals surface area contributed by atoms with Gasteiger partial charge < -0.3 is 19.3 Å². The third-order valence-electron chi connectivity index (χ3n) is 9.29. The Bertz CT molecular complexity index is 2040. The van der Waals surface area contributed by atoms with Gasteiger partial charge in [0.25, 0.3) is 10.1 Å². The van der Waals surface area contributed by atoms with Crippen LogP contribution in [-0.2, 0) is 50.6 Å². The van der Waals surface area contributed by atoms with Crippen molar-refractivity contribution in [2.24, 2.45) is 0 Å². The van der Waals surface area contributed by atoms with Gasteiger partial charge in [-0.1, -0.05) is 13.0 Å². The van der Waals surface area contributed by atoms with Crippen LogP contribution < -0.4 is 98.8 Å². The van der Waals surface area contributed by atoms with Crippen LogP contribution in [0.15, 0.2) is 70.1 Å². The maximum atomic E-state index is 12.0. The van der Waals surface area contributed by atoms with Crippen molar-refractivity contribution in [2.45, 2.75) is 80.4 Å². The molecule has 0 aromatic heterocycles. The Hall–Kier alpha value is 0.350. The number of hydrogen-bond acceptors (Lipinski definition) is 13. The minimum atomic E-state index is -4.75. The van der Waals surface area contributed by atoms with E-state index in [0.717, 1.165) is 34.7 Å². The van der Waals surface area contributed by atoms with Crippen LogP contribution in [0.4, 0.5) is 11.4 Å². The summed E-state index contributed by atoms with van der Waals surface area (Å²) < 4.78 is 108. The second-order valence-corrected chi connectivity index (χ2v) is 18.2. The maximum Gasteiger partial charge on any atom is 1.00 e.